The van der Waals surface area contributed by atoms with Crippen molar-refractivity contribution in [3.63, 3.8) is 0 Å². The van der Waals surface area contributed by atoms with Crippen LogP contribution in [0.15, 0.2) is 6.07 Å². The van der Waals surface area contributed by atoms with Crippen molar-refractivity contribution < 1.29 is 19.8 Å². The van der Waals surface area contributed by atoms with E-state index in [0.29, 0.717) is 27.5 Å². The molecule has 0 amide bonds. The summed E-state index contributed by atoms with van der Waals surface area (Å²) in [7, 11) is 0. The topological polar surface area (TPSA) is 74.6 Å². The summed E-state index contributed by atoms with van der Waals surface area (Å²) in [6.07, 6.45) is 0.972. The zero-order valence-electron chi connectivity index (χ0n) is 9.58. The third-order valence-electron chi connectivity index (χ3n) is 2.64. The minimum atomic E-state index is -1.08. The molecule has 1 aromatic carbocycles. The van der Waals surface area contributed by atoms with Crippen LogP contribution in [0.25, 0.3) is 0 Å². The summed E-state index contributed by atoms with van der Waals surface area (Å²) in [6, 6.07) is 1.55. The molecule has 0 fully saturated rings. The fourth-order valence-electron chi connectivity index (χ4n) is 1.90. The van der Waals surface area contributed by atoms with E-state index in [-0.39, 0.29) is 11.1 Å². The Morgan fingerprint density at radius 1 is 1.12 bits per heavy atom. The van der Waals surface area contributed by atoms with Gasteiger partial charge in [0.1, 0.15) is 0 Å². The predicted octanol–water partition coefficient (Wildman–Crippen LogP) is 2.81. The van der Waals surface area contributed by atoms with Crippen LogP contribution in [-0.2, 0) is 12.8 Å². The average Bonchev–Trinajstić information content (AvgIpc) is 2.26. The second-order valence-corrected chi connectivity index (χ2v) is 4.72. The summed E-state index contributed by atoms with van der Waals surface area (Å²) in [6.45, 7) is 3.63. The fraction of sp³-hybridized carbons (Fsp3) is 0.333. The molecule has 0 saturated carbocycles. The molecule has 0 heterocycles. The third kappa shape index (κ3) is 2.59. The molecule has 0 aliphatic carbocycles. The number of aromatic carboxylic acids is 2. The molecule has 5 heteroatoms. The third-order valence-corrected chi connectivity index (χ3v) is 3.60. The molecule has 0 aromatic heterocycles. The molecule has 0 atom stereocenters. The van der Waals surface area contributed by atoms with Gasteiger partial charge in [-0.05, 0) is 52.6 Å². The zero-order chi connectivity index (χ0) is 13.2. The first kappa shape index (κ1) is 14.0. The lowest BCUT2D eigenvalue weighted by molar-refractivity contribution is 0.0694. The fourth-order valence-corrected chi connectivity index (χ4v) is 2.86. The van der Waals surface area contributed by atoms with E-state index < -0.39 is 11.9 Å². The van der Waals surface area contributed by atoms with Crippen LogP contribution in [0.2, 0.25) is 0 Å². The number of carboxylic acids is 2. The van der Waals surface area contributed by atoms with Gasteiger partial charge in [-0.25, -0.2) is 9.59 Å². The highest BCUT2D eigenvalue weighted by Gasteiger charge is 2.22. The van der Waals surface area contributed by atoms with E-state index in [1.165, 1.54) is 0 Å². The monoisotopic (exact) mass is 348 g/mol. The van der Waals surface area contributed by atoms with Gasteiger partial charge < -0.3 is 10.2 Å². The maximum absolute atomic E-state index is 11.3. The van der Waals surface area contributed by atoms with Gasteiger partial charge in [0.05, 0.1) is 11.1 Å². The minimum absolute atomic E-state index is 0.0894. The Labute approximate surface area is 113 Å². The number of halogens is 1. The maximum Gasteiger partial charge on any atom is 0.336 e. The molecule has 0 saturated heterocycles. The molecular weight excluding hydrogens is 335 g/mol. The maximum atomic E-state index is 11.3. The van der Waals surface area contributed by atoms with Gasteiger partial charge in [0.2, 0.25) is 0 Å². The Balaban J connectivity index is 3.71. The number of carbonyl (C=O) groups is 2. The number of hydrogen-bond acceptors (Lipinski definition) is 2. The van der Waals surface area contributed by atoms with Crippen LogP contribution >= 0.6 is 22.6 Å². The van der Waals surface area contributed by atoms with E-state index >= 15 is 0 Å². The van der Waals surface area contributed by atoms with Crippen molar-refractivity contribution in [1.82, 2.24) is 0 Å². The van der Waals surface area contributed by atoms with Crippen LogP contribution in [-0.4, -0.2) is 22.2 Å². The highest BCUT2D eigenvalue weighted by Crippen LogP contribution is 2.26. The summed E-state index contributed by atoms with van der Waals surface area (Å²) in [5.41, 5.74) is 1.35. The number of rotatable bonds is 4. The van der Waals surface area contributed by atoms with Crippen LogP contribution < -0.4 is 0 Å². The smallest absolute Gasteiger partial charge is 0.336 e. The van der Waals surface area contributed by atoms with Gasteiger partial charge in [0.25, 0.3) is 0 Å². The Kier molecular flexibility index (Phi) is 4.50. The first-order valence-corrected chi connectivity index (χ1v) is 6.32. The van der Waals surface area contributed by atoms with Gasteiger partial charge in [-0.15, -0.1) is 0 Å². The summed E-state index contributed by atoms with van der Waals surface area (Å²) in [5, 5.41) is 18.3. The molecule has 0 spiro atoms. The highest BCUT2D eigenvalue weighted by atomic mass is 127. The van der Waals surface area contributed by atoms with Crippen molar-refractivity contribution in [3.8, 4) is 0 Å². The molecule has 1 rings (SSSR count). The summed E-state index contributed by atoms with van der Waals surface area (Å²) in [5.74, 6) is -2.13. The standard InChI is InChI=1S/C12H13IO4/c1-3-6-8(11(14)15)5-9(13)7(4-2)10(6)12(16)17/h5H,3-4H2,1-2H3,(H,14,15)(H,16,17). The molecule has 1 aromatic rings. The van der Waals surface area contributed by atoms with Gasteiger partial charge >= 0.3 is 11.9 Å². The van der Waals surface area contributed by atoms with E-state index in [2.05, 4.69) is 0 Å². The lowest BCUT2D eigenvalue weighted by atomic mass is 9.93. The van der Waals surface area contributed by atoms with Crippen molar-refractivity contribution in [2.45, 2.75) is 26.7 Å². The molecule has 0 unspecified atom stereocenters. The average molecular weight is 348 g/mol. The van der Waals surface area contributed by atoms with Crippen molar-refractivity contribution >= 4 is 34.5 Å². The van der Waals surface area contributed by atoms with Gasteiger partial charge in [-0.2, -0.15) is 0 Å². The van der Waals surface area contributed by atoms with Crippen LogP contribution in [0.1, 0.15) is 45.7 Å². The number of hydrogen-bond donors (Lipinski definition) is 2. The summed E-state index contributed by atoms with van der Waals surface area (Å²) < 4.78 is 0.692. The quantitative estimate of drug-likeness (QED) is 0.821. The minimum Gasteiger partial charge on any atom is -0.478 e. The normalized spacial score (nSPS) is 10.3. The second kappa shape index (κ2) is 5.48. The summed E-state index contributed by atoms with van der Waals surface area (Å²) in [4.78, 5) is 22.4. The number of benzene rings is 1. The van der Waals surface area contributed by atoms with Crippen molar-refractivity contribution in [1.29, 1.82) is 0 Å². The predicted molar refractivity (Wildman–Crippen MR) is 71.8 cm³/mol. The molecular formula is C12H13IO4. The van der Waals surface area contributed by atoms with Crippen LogP contribution in [0.5, 0.6) is 0 Å². The highest BCUT2D eigenvalue weighted by molar-refractivity contribution is 14.1. The van der Waals surface area contributed by atoms with Crippen LogP contribution in [0.3, 0.4) is 0 Å². The van der Waals surface area contributed by atoms with Crippen LogP contribution in [0.4, 0.5) is 0 Å². The van der Waals surface area contributed by atoms with Crippen molar-refractivity contribution in [3.05, 3.63) is 31.9 Å². The van der Waals surface area contributed by atoms with E-state index in [1.54, 1.807) is 13.0 Å². The van der Waals surface area contributed by atoms with Gasteiger partial charge in [0.15, 0.2) is 0 Å². The Hall–Kier alpha value is -1.11. The molecule has 17 heavy (non-hydrogen) atoms. The molecule has 0 aliphatic heterocycles. The van der Waals surface area contributed by atoms with Gasteiger partial charge in [-0.3, -0.25) is 0 Å². The van der Waals surface area contributed by atoms with E-state index in [4.69, 9.17) is 5.11 Å². The molecule has 0 bridgehead atoms. The van der Waals surface area contributed by atoms with E-state index in [0.717, 1.165) is 0 Å². The molecule has 4 nitrogen and oxygen atoms in total. The van der Waals surface area contributed by atoms with E-state index in [9.17, 15) is 14.7 Å². The SMILES string of the molecule is CCc1c(I)cc(C(=O)O)c(CC)c1C(=O)O. The first-order chi connectivity index (χ1) is 7.93. The Morgan fingerprint density at radius 3 is 2.00 bits per heavy atom. The van der Waals surface area contributed by atoms with E-state index in [1.807, 2.05) is 29.5 Å². The lowest BCUT2D eigenvalue weighted by Gasteiger charge is -2.14. The lowest BCUT2D eigenvalue weighted by Crippen LogP contribution is -2.14. The Morgan fingerprint density at radius 2 is 1.65 bits per heavy atom. The second-order valence-electron chi connectivity index (χ2n) is 3.56. The number of carboxylic acid groups (broad SMARTS) is 2. The van der Waals surface area contributed by atoms with Crippen LogP contribution in [0, 0.1) is 3.57 Å². The van der Waals surface area contributed by atoms with Crippen molar-refractivity contribution in [2.75, 3.05) is 0 Å². The van der Waals surface area contributed by atoms with Crippen molar-refractivity contribution in [2.24, 2.45) is 0 Å². The first-order valence-electron chi connectivity index (χ1n) is 5.24. The molecule has 0 radical (unpaired) electrons. The molecule has 2 N–H and O–H groups in total. The van der Waals surface area contributed by atoms with Gasteiger partial charge in [-0.1, -0.05) is 13.8 Å². The van der Waals surface area contributed by atoms with Gasteiger partial charge in [0, 0.05) is 3.57 Å². The zero-order valence-corrected chi connectivity index (χ0v) is 11.7. The Bertz CT molecular complexity index is 480. The summed E-state index contributed by atoms with van der Waals surface area (Å²) >= 11 is 1.98. The molecule has 92 valence electrons. The molecule has 0 aliphatic rings. The largest absolute Gasteiger partial charge is 0.478 e.